The fourth-order valence-electron chi connectivity index (χ4n) is 1.75. The highest BCUT2D eigenvalue weighted by Gasteiger charge is 2.06. The molecule has 0 atom stereocenters. The number of alkyl halides is 1. The number of pyridine rings is 1. The number of aromatic nitrogens is 1. The third-order valence-electron chi connectivity index (χ3n) is 2.75. The lowest BCUT2D eigenvalue weighted by molar-refractivity contribution is 0.102. The van der Waals surface area contributed by atoms with Gasteiger partial charge in [-0.1, -0.05) is 12.1 Å². The number of halogens is 1. The Balaban J connectivity index is 2.06. The molecule has 0 saturated heterocycles. The predicted molar refractivity (Wildman–Crippen MR) is 77.8 cm³/mol. The standard InChI is InChI=1S/C15H15ClN2O/c1-11-10-13(7-9-17-11)15(19)18-14-4-2-12(3-5-14)6-8-16/h2-5,7,9-10H,6,8H2,1H3,(H,18,19). The van der Waals surface area contributed by atoms with Crippen molar-refractivity contribution in [2.75, 3.05) is 11.2 Å². The Hall–Kier alpha value is -1.87. The van der Waals surface area contributed by atoms with Gasteiger partial charge in [-0.15, -0.1) is 11.6 Å². The lowest BCUT2D eigenvalue weighted by Gasteiger charge is -2.06. The van der Waals surface area contributed by atoms with Crippen molar-refractivity contribution in [2.24, 2.45) is 0 Å². The molecule has 1 N–H and O–H groups in total. The maximum Gasteiger partial charge on any atom is 0.255 e. The maximum absolute atomic E-state index is 12.0. The van der Waals surface area contributed by atoms with Crippen LogP contribution in [-0.4, -0.2) is 16.8 Å². The van der Waals surface area contributed by atoms with Gasteiger partial charge in [-0.05, 0) is 43.2 Å². The molecule has 1 heterocycles. The smallest absolute Gasteiger partial charge is 0.255 e. The minimum Gasteiger partial charge on any atom is -0.322 e. The monoisotopic (exact) mass is 274 g/mol. The summed E-state index contributed by atoms with van der Waals surface area (Å²) in [5.41, 5.74) is 3.37. The van der Waals surface area contributed by atoms with Crippen molar-refractivity contribution in [3.8, 4) is 0 Å². The maximum atomic E-state index is 12.0. The normalized spacial score (nSPS) is 10.2. The number of nitrogens with zero attached hydrogens (tertiary/aromatic N) is 1. The Labute approximate surface area is 117 Å². The van der Waals surface area contributed by atoms with Gasteiger partial charge in [0, 0.05) is 29.0 Å². The van der Waals surface area contributed by atoms with Crippen LogP contribution in [0.1, 0.15) is 21.6 Å². The first kappa shape index (κ1) is 13.6. The molecule has 98 valence electrons. The molecule has 2 rings (SSSR count). The zero-order chi connectivity index (χ0) is 13.7. The summed E-state index contributed by atoms with van der Waals surface area (Å²) in [5, 5.41) is 2.86. The second-order valence-corrected chi connectivity index (χ2v) is 4.65. The van der Waals surface area contributed by atoms with Crippen molar-refractivity contribution in [3.63, 3.8) is 0 Å². The molecule has 1 aromatic heterocycles. The summed E-state index contributed by atoms with van der Waals surface area (Å²) in [6.45, 7) is 1.86. The van der Waals surface area contributed by atoms with Gasteiger partial charge in [-0.25, -0.2) is 0 Å². The van der Waals surface area contributed by atoms with E-state index in [4.69, 9.17) is 11.6 Å². The van der Waals surface area contributed by atoms with Gasteiger partial charge in [-0.3, -0.25) is 9.78 Å². The van der Waals surface area contributed by atoms with E-state index in [0.29, 0.717) is 11.4 Å². The van der Waals surface area contributed by atoms with Gasteiger partial charge in [-0.2, -0.15) is 0 Å². The lowest BCUT2D eigenvalue weighted by Crippen LogP contribution is -2.12. The fraction of sp³-hybridized carbons (Fsp3) is 0.200. The molecule has 0 radical (unpaired) electrons. The van der Waals surface area contributed by atoms with E-state index < -0.39 is 0 Å². The molecule has 0 unspecified atom stereocenters. The highest BCUT2D eigenvalue weighted by atomic mass is 35.5. The van der Waals surface area contributed by atoms with Crippen LogP contribution in [0.3, 0.4) is 0 Å². The Morgan fingerprint density at radius 2 is 2.00 bits per heavy atom. The quantitative estimate of drug-likeness (QED) is 0.868. The first-order valence-electron chi connectivity index (χ1n) is 6.08. The van der Waals surface area contributed by atoms with Gasteiger partial charge < -0.3 is 5.32 Å². The molecule has 19 heavy (non-hydrogen) atoms. The summed E-state index contributed by atoms with van der Waals surface area (Å²) >= 11 is 5.68. The predicted octanol–water partition coefficient (Wildman–Crippen LogP) is 3.42. The molecule has 0 aliphatic rings. The number of benzene rings is 1. The molecule has 0 aliphatic carbocycles. The number of nitrogens with one attached hydrogen (secondary N) is 1. The topological polar surface area (TPSA) is 42.0 Å². The minimum atomic E-state index is -0.129. The van der Waals surface area contributed by atoms with Gasteiger partial charge in [0.15, 0.2) is 0 Å². The van der Waals surface area contributed by atoms with Crippen molar-refractivity contribution in [3.05, 3.63) is 59.4 Å². The van der Waals surface area contributed by atoms with E-state index in [0.717, 1.165) is 23.4 Å². The number of carbonyl (C=O) groups excluding carboxylic acids is 1. The Kier molecular flexibility index (Phi) is 4.53. The Morgan fingerprint density at radius 1 is 1.26 bits per heavy atom. The van der Waals surface area contributed by atoms with Crippen LogP contribution in [0.4, 0.5) is 5.69 Å². The third-order valence-corrected chi connectivity index (χ3v) is 2.94. The molecule has 4 heteroatoms. The van der Waals surface area contributed by atoms with Crippen molar-refractivity contribution in [2.45, 2.75) is 13.3 Å². The average Bonchev–Trinajstić information content (AvgIpc) is 2.41. The van der Waals surface area contributed by atoms with E-state index in [1.54, 1.807) is 18.3 Å². The van der Waals surface area contributed by atoms with E-state index in [2.05, 4.69) is 10.3 Å². The summed E-state index contributed by atoms with van der Waals surface area (Å²) in [6, 6.07) is 11.2. The van der Waals surface area contributed by atoms with Crippen LogP contribution in [-0.2, 0) is 6.42 Å². The zero-order valence-electron chi connectivity index (χ0n) is 10.7. The van der Waals surface area contributed by atoms with Crippen LogP contribution >= 0.6 is 11.6 Å². The summed E-state index contributed by atoms with van der Waals surface area (Å²) < 4.78 is 0. The van der Waals surface area contributed by atoms with Crippen LogP contribution in [0.15, 0.2) is 42.6 Å². The summed E-state index contributed by atoms with van der Waals surface area (Å²) in [6.07, 6.45) is 2.47. The molecule has 1 amide bonds. The van der Waals surface area contributed by atoms with Crippen LogP contribution in [0, 0.1) is 6.92 Å². The van der Waals surface area contributed by atoms with Crippen LogP contribution in [0.25, 0.3) is 0 Å². The second kappa shape index (κ2) is 6.34. The molecule has 0 spiro atoms. The number of hydrogen-bond acceptors (Lipinski definition) is 2. The number of anilines is 1. The summed E-state index contributed by atoms with van der Waals surface area (Å²) in [4.78, 5) is 16.1. The summed E-state index contributed by atoms with van der Waals surface area (Å²) in [5.74, 6) is 0.470. The molecule has 3 nitrogen and oxygen atoms in total. The SMILES string of the molecule is Cc1cc(C(=O)Nc2ccc(CCCl)cc2)ccn1. The highest BCUT2D eigenvalue weighted by molar-refractivity contribution is 6.18. The van der Waals surface area contributed by atoms with Gasteiger partial charge in [0.1, 0.15) is 0 Å². The van der Waals surface area contributed by atoms with E-state index in [1.165, 1.54) is 0 Å². The summed E-state index contributed by atoms with van der Waals surface area (Å²) in [7, 11) is 0. The fourth-order valence-corrected chi connectivity index (χ4v) is 1.97. The number of aryl methyl sites for hydroxylation is 2. The van der Waals surface area contributed by atoms with Crippen molar-refractivity contribution >= 4 is 23.2 Å². The number of amides is 1. The van der Waals surface area contributed by atoms with Gasteiger partial charge in [0.05, 0.1) is 0 Å². The second-order valence-electron chi connectivity index (χ2n) is 4.28. The highest BCUT2D eigenvalue weighted by Crippen LogP contribution is 2.12. The van der Waals surface area contributed by atoms with E-state index in [-0.39, 0.29) is 5.91 Å². The first-order valence-corrected chi connectivity index (χ1v) is 6.61. The van der Waals surface area contributed by atoms with E-state index in [1.807, 2.05) is 31.2 Å². The van der Waals surface area contributed by atoms with Crippen LogP contribution in [0.5, 0.6) is 0 Å². The average molecular weight is 275 g/mol. The lowest BCUT2D eigenvalue weighted by atomic mass is 10.1. The van der Waals surface area contributed by atoms with Crippen LogP contribution < -0.4 is 5.32 Å². The van der Waals surface area contributed by atoms with Crippen molar-refractivity contribution in [1.82, 2.24) is 4.98 Å². The van der Waals surface area contributed by atoms with Crippen molar-refractivity contribution < 1.29 is 4.79 Å². The number of hydrogen-bond donors (Lipinski definition) is 1. The first-order chi connectivity index (χ1) is 9.19. The molecule has 2 aromatic rings. The molecule has 0 fully saturated rings. The Bertz CT molecular complexity index is 567. The molecule has 1 aromatic carbocycles. The van der Waals surface area contributed by atoms with Gasteiger partial charge in [0.2, 0.25) is 0 Å². The number of rotatable bonds is 4. The molecule has 0 saturated carbocycles. The molecular formula is C15H15ClN2O. The third kappa shape index (κ3) is 3.80. The van der Waals surface area contributed by atoms with Gasteiger partial charge in [0.25, 0.3) is 5.91 Å². The van der Waals surface area contributed by atoms with E-state index >= 15 is 0 Å². The molecule has 0 bridgehead atoms. The largest absolute Gasteiger partial charge is 0.322 e. The van der Waals surface area contributed by atoms with Gasteiger partial charge >= 0.3 is 0 Å². The van der Waals surface area contributed by atoms with Crippen LogP contribution in [0.2, 0.25) is 0 Å². The minimum absolute atomic E-state index is 0.129. The molecular weight excluding hydrogens is 260 g/mol. The number of carbonyl (C=O) groups is 1. The van der Waals surface area contributed by atoms with Crippen molar-refractivity contribution in [1.29, 1.82) is 0 Å². The Morgan fingerprint density at radius 3 is 2.63 bits per heavy atom. The molecule has 0 aliphatic heterocycles. The van der Waals surface area contributed by atoms with E-state index in [9.17, 15) is 4.79 Å². The zero-order valence-corrected chi connectivity index (χ0v) is 11.4.